The molecule has 0 bridgehead atoms. The summed E-state index contributed by atoms with van der Waals surface area (Å²) < 4.78 is 13.1. The van der Waals surface area contributed by atoms with Crippen LogP contribution in [0.3, 0.4) is 0 Å². The van der Waals surface area contributed by atoms with Gasteiger partial charge in [-0.3, -0.25) is 14.5 Å². The average molecular weight is 423 g/mol. The fourth-order valence-corrected chi connectivity index (χ4v) is 4.07. The second-order valence-corrected chi connectivity index (χ2v) is 8.56. The van der Waals surface area contributed by atoms with Gasteiger partial charge in [-0.1, -0.05) is 27.7 Å². The Morgan fingerprint density at radius 3 is 2.17 bits per heavy atom. The number of carbonyl (C=O) groups excluding carboxylic acids is 2. The number of nitrogens with zero attached hydrogens (tertiary/aromatic N) is 4. The maximum atomic E-state index is 13.3. The zero-order valence-electron chi connectivity index (χ0n) is 18.0. The largest absolute Gasteiger partial charge is 0.483 e. The number of imide groups is 1. The van der Waals surface area contributed by atoms with Gasteiger partial charge in [0, 0.05) is 26.2 Å². The number of urea groups is 1. The number of carbonyl (C=O) groups is 3. The van der Waals surface area contributed by atoms with E-state index in [1.54, 1.807) is 11.0 Å². The van der Waals surface area contributed by atoms with E-state index in [1.807, 2.05) is 13.8 Å². The van der Waals surface area contributed by atoms with Gasteiger partial charge < -0.3 is 14.9 Å². The van der Waals surface area contributed by atoms with Crippen molar-refractivity contribution in [1.29, 1.82) is 0 Å². The number of hydrogen-bond acceptors (Lipinski definition) is 5. The van der Waals surface area contributed by atoms with Gasteiger partial charge in [-0.25, -0.2) is 14.2 Å². The highest BCUT2D eigenvalue weighted by molar-refractivity contribution is 6.07. The first-order valence-electron chi connectivity index (χ1n) is 10.2. The number of aromatic nitrogens is 1. The summed E-state index contributed by atoms with van der Waals surface area (Å²) in [5.41, 5.74) is -0.757. The van der Waals surface area contributed by atoms with Gasteiger partial charge in [-0.15, -0.1) is 0 Å². The molecule has 1 aromatic rings. The van der Waals surface area contributed by atoms with E-state index in [9.17, 15) is 14.0 Å². The molecule has 2 fully saturated rings. The van der Waals surface area contributed by atoms with Gasteiger partial charge in [0.2, 0.25) is 0 Å². The monoisotopic (exact) mass is 422 g/mol. The van der Waals surface area contributed by atoms with Gasteiger partial charge in [0.05, 0.1) is 6.20 Å². The summed E-state index contributed by atoms with van der Waals surface area (Å²) in [6.07, 6.45) is 2.34. The summed E-state index contributed by atoms with van der Waals surface area (Å²) in [5.74, 6) is 0.800. The van der Waals surface area contributed by atoms with Crippen LogP contribution in [0.25, 0.3) is 0 Å². The number of hydrogen-bond donors (Lipinski definition) is 1. The van der Waals surface area contributed by atoms with Crippen LogP contribution in [0.15, 0.2) is 18.3 Å². The average Bonchev–Trinajstić information content (AvgIpc) is 2.86. The number of piperidine rings is 1. The predicted octanol–water partition coefficient (Wildman–Crippen LogP) is 2.84. The van der Waals surface area contributed by atoms with E-state index >= 15 is 0 Å². The van der Waals surface area contributed by atoms with E-state index < -0.39 is 5.54 Å². The number of amides is 3. The van der Waals surface area contributed by atoms with Crippen LogP contribution < -0.4 is 4.90 Å². The van der Waals surface area contributed by atoms with Crippen molar-refractivity contribution >= 4 is 24.2 Å². The number of rotatable bonds is 5. The maximum absolute atomic E-state index is 13.3. The number of carboxylic acid groups (broad SMARTS) is 1. The van der Waals surface area contributed by atoms with Crippen molar-refractivity contribution in [2.24, 2.45) is 11.8 Å². The summed E-state index contributed by atoms with van der Waals surface area (Å²) in [6, 6.07) is 2.90. The third-order valence-electron chi connectivity index (χ3n) is 5.34. The van der Waals surface area contributed by atoms with Gasteiger partial charge >= 0.3 is 6.03 Å². The second kappa shape index (κ2) is 9.86. The topological polar surface area (TPSA) is 94.1 Å². The molecule has 2 saturated heterocycles. The Morgan fingerprint density at radius 1 is 1.13 bits per heavy atom. The molecular formula is C21H31FN4O4. The number of halogens is 1. The number of anilines is 1. The second-order valence-electron chi connectivity index (χ2n) is 8.56. The highest BCUT2D eigenvalue weighted by Crippen LogP contribution is 2.39. The van der Waals surface area contributed by atoms with Crippen molar-refractivity contribution in [3.8, 4) is 0 Å². The van der Waals surface area contributed by atoms with E-state index in [0.717, 1.165) is 0 Å². The quantitative estimate of drug-likeness (QED) is 0.579. The highest BCUT2D eigenvalue weighted by atomic mass is 19.1. The molecule has 0 aromatic carbocycles. The Labute approximate surface area is 176 Å². The Balaban J connectivity index is 0.00000101. The Bertz CT molecular complexity index is 746. The van der Waals surface area contributed by atoms with Crippen molar-refractivity contribution in [1.82, 2.24) is 14.8 Å². The van der Waals surface area contributed by atoms with E-state index in [-0.39, 0.29) is 36.1 Å². The molecule has 3 amide bonds. The molecule has 1 aromatic heterocycles. The molecule has 2 aliphatic rings. The smallest absolute Gasteiger partial charge is 0.327 e. The number of pyridine rings is 1. The fraction of sp³-hybridized carbons (Fsp3) is 0.619. The molecule has 3 rings (SSSR count). The van der Waals surface area contributed by atoms with Gasteiger partial charge in [0.25, 0.3) is 12.4 Å². The molecule has 2 aliphatic heterocycles. The predicted molar refractivity (Wildman–Crippen MR) is 111 cm³/mol. The van der Waals surface area contributed by atoms with Gasteiger partial charge in [-0.2, -0.15) is 0 Å². The van der Waals surface area contributed by atoms with Crippen LogP contribution in [-0.2, 0) is 9.59 Å². The molecule has 1 N–H and O–H groups in total. The summed E-state index contributed by atoms with van der Waals surface area (Å²) in [7, 11) is 0. The SMILES string of the molecule is CC(C)CN1C(=O)N(CC(C)C)C2(CCN(c3ccc(F)cn3)CC2)C1=O.O=CO. The van der Waals surface area contributed by atoms with Gasteiger partial charge in [0.1, 0.15) is 17.2 Å². The lowest BCUT2D eigenvalue weighted by Crippen LogP contribution is -2.57. The summed E-state index contributed by atoms with van der Waals surface area (Å²) in [6.45, 7) is 10.2. The van der Waals surface area contributed by atoms with Crippen LogP contribution in [0.2, 0.25) is 0 Å². The van der Waals surface area contributed by atoms with Crippen LogP contribution in [0.1, 0.15) is 40.5 Å². The Morgan fingerprint density at radius 2 is 1.70 bits per heavy atom. The lowest BCUT2D eigenvalue weighted by molar-refractivity contribution is -0.134. The minimum atomic E-state index is -0.757. The molecule has 8 nitrogen and oxygen atoms in total. The molecular weight excluding hydrogens is 391 g/mol. The highest BCUT2D eigenvalue weighted by Gasteiger charge is 2.57. The normalized spacial score (nSPS) is 18.3. The maximum Gasteiger partial charge on any atom is 0.327 e. The summed E-state index contributed by atoms with van der Waals surface area (Å²) in [4.78, 5) is 44.1. The lowest BCUT2D eigenvalue weighted by atomic mass is 9.85. The molecule has 0 aliphatic carbocycles. The van der Waals surface area contributed by atoms with Crippen LogP contribution in [0, 0.1) is 17.7 Å². The summed E-state index contributed by atoms with van der Waals surface area (Å²) >= 11 is 0. The van der Waals surface area contributed by atoms with E-state index in [4.69, 9.17) is 9.90 Å². The van der Waals surface area contributed by atoms with Gasteiger partial charge in [-0.05, 0) is 36.8 Å². The zero-order chi connectivity index (χ0) is 22.5. The molecule has 1 spiro atoms. The first kappa shape index (κ1) is 23.6. The Kier molecular flexibility index (Phi) is 7.75. The molecule has 30 heavy (non-hydrogen) atoms. The van der Waals surface area contributed by atoms with Crippen LogP contribution in [0.5, 0.6) is 0 Å². The van der Waals surface area contributed by atoms with Crippen molar-refractivity contribution in [3.05, 3.63) is 24.1 Å². The third-order valence-corrected chi connectivity index (χ3v) is 5.34. The minimum absolute atomic E-state index is 0.0615. The van der Waals surface area contributed by atoms with E-state index in [0.29, 0.717) is 44.8 Å². The van der Waals surface area contributed by atoms with Crippen molar-refractivity contribution in [2.45, 2.75) is 46.1 Å². The van der Waals surface area contributed by atoms with Crippen LogP contribution >= 0.6 is 0 Å². The van der Waals surface area contributed by atoms with E-state index in [2.05, 4.69) is 23.7 Å². The summed E-state index contributed by atoms with van der Waals surface area (Å²) in [5, 5.41) is 6.89. The van der Waals surface area contributed by atoms with Crippen LogP contribution in [-0.4, -0.2) is 70.0 Å². The molecule has 0 radical (unpaired) electrons. The molecule has 0 unspecified atom stereocenters. The molecule has 9 heteroatoms. The molecule has 0 saturated carbocycles. The third kappa shape index (κ3) is 4.88. The minimum Gasteiger partial charge on any atom is -0.483 e. The van der Waals surface area contributed by atoms with Crippen molar-refractivity contribution in [3.63, 3.8) is 0 Å². The first-order chi connectivity index (χ1) is 14.2. The zero-order valence-corrected chi connectivity index (χ0v) is 18.0. The van der Waals surface area contributed by atoms with E-state index in [1.165, 1.54) is 17.2 Å². The van der Waals surface area contributed by atoms with Crippen LogP contribution in [0.4, 0.5) is 15.0 Å². The lowest BCUT2D eigenvalue weighted by Gasteiger charge is -2.43. The first-order valence-corrected chi connectivity index (χ1v) is 10.2. The molecule has 3 heterocycles. The molecule has 0 atom stereocenters. The Hall–Kier alpha value is -2.71. The van der Waals surface area contributed by atoms with Gasteiger partial charge in [0.15, 0.2) is 0 Å². The molecule has 166 valence electrons. The fourth-order valence-electron chi connectivity index (χ4n) is 4.07. The van der Waals surface area contributed by atoms with Crippen molar-refractivity contribution in [2.75, 3.05) is 31.1 Å². The standard InChI is InChI=1S/C20H29FN4O2.CH2O2/c1-14(2)12-24-18(26)20(25(19(24)27)13-15(3)4)7-9-23(10-8-20)17-6-5-16(21)11-22-17;2-1-3/h5-6,11,14-15H,7-10,12-13H2,1-4H3;1H,(H,2,3). The van der Waals surface area contributed by atoms with Crippen molar-refractivity contribution < 1.29 is 23.9 Å².